The van der Waals surface area contributed by atoms with Gasteiger partial charge in [0.05, 0.1) is 35.8 Å². The second kappa shape index (κ2) is 5.51. The maximum Gasteiger partial charge on any atom is 0.0942 e. The van der Waals surface area contributed by atoms with Crippen LogP contribution >= 0.6 is 15.9 Å². The number of rotatable bonds is 4. The topological polar surface area (TPSA) is 91.4 Å². The lowest BCUT2D eigenvalue weighted by atomic mass is 10.1. The van der Waals surface area contributed by atoms with Gasteiger partial charge in [-0.3, -0.25) is 4.98 Å². The minimum atomic E-state index is -0.820. The third kappa shape index (κ3) is 2.72. The molecule has 5 nitrogen and oxygen atoms in total. The Bertz CT molecular complexity index is 557. The monoisotopic (exact) mass is 311 g/mol. The van der Waals surface area contributed by atoms with Crippen molar-refractivity contribution in [2.45, 2.75) is 6.10 Å². The van der Waals surface area contributed by atoms with Crippen LogP contribution in [0.1, 0.15) is 0 Å². The highest BCUT2D eigenvalue weighted by molar-refractivity contribution is 9.10. The third-order valence-electron chi connectivity index (χ3n) is 2.58. The maximum atomic E-state index is 9.36. The number of nitrogens with one attached hydrogen (secondary N) is 1. The largest absolute Gasteiger partial charge is 0.396 e. The normalized spacial score (nSPS) is 12.6. The predicted octanol–water partition coefficient (Wildman–Crippen LogP) is 1.34. The Hall–Kier alpha value is -1.37. The molecule has 2 rings (SSSR count). The number of fused-ring (bicyclic) bond motifs is 1. The lowest BCUT2D eigenvalue weighted by molar-refractivity contribution is 0.105. The summed E-state index contributed by atoms with van der Waals surface area (Å²) in [5.74, 6) is 0. The van der Waals surface area contributed by atoms with Gasteiger partial charge in [0.25, 0.3) is 0 Å². The van der Waals surface area contributed by atoms with Crippen LogP contribution < -0.4 is 11.1 Å². The van der Waals surface area contributed by atoms with E-state index in [-0.39, 0.29) is 13.2 Å². The molecule has 0 aliphatic carbocycles. The average Bonchev–Trinajstić information content (AvgIpc) is 2.37. The number of aromatic nitrogens is 1. The van der Waals surface area contributed by atoms with Crippen LogP contribution in [-0.2, 0) is 0 Å². The lowest BCUT2D eigenvalue weighted by Crippen LogP contribution is -2.23. The van der Waals surface area contributed by atoms with Gasteiger partial charge in [-0.25, -0.2) is 0 Å². The minimum Gasteiger partial charge on any atom is -0.396 e. The summed E-state index contributed by atoms with van der Waals surface area (Å²) in [5, 5.41) is 22.1. The Kier molecular flexibility index (Phi) is 4.00. The molecule has 1 atom stereocenters. The Morgan fingerprint density at radius 1 is 1.44 bits per heavy atom. The van der Waals surface area contributed by atoms with Crippen molar-refractivity contribution in [2.75, 3.05) is 24.2 Å². The molecule has 0 saturated heterocycles. The molecular weight excluding hydrogens is 298 g/mol. The van der Waals surface area contributed by atoms with E-state index in [1.54, 1.807) is 6.20 Å². The summed E-state index contributed by atoms with van der Waals surface area (Å²) in [6, 6.07) is 5.69. The zero-order valence-electron chi connectivity index (χ0n) is 9.60. The minimum absolute atomic E-state index is 0.228. The van der Waals surface area contributed by atoms with Gasteiger partial charge in [0.2, 0.25) is 0 Å². The highest BCUT2D eigenvalue weighted by Gasteiger charge is 2.09. The molecule has 0 amide bonds. The van der Waals surface area contributed by atoms with E-state index in [0.29, 0.717) is 11.4 Å². The van der Waals surface area contributed by atoms with Gasteiger partial charge in [-0.05, 0) is 18.2 Å². The Morgan fingerprint density at radius 3 is 2.94 bits per heavy atom. The van der Waals surface area contributed by atoms with Gasteiger partial charge in [0, 0.05) is 16.4 Å². The SMILES string of the molecule is Nc1cnc2ccc(Br)cc2c1NCC(O)CO. The number of aliphatic hydroxyl groups excluding tert-OH is 2. The van der Waals surface area contributed by atoms with E-state index in [1.807, 2.05) is 18.2 Å². The van der Waals surface area contributed by atoms with Gasteiger partial charge in [-0.2, -0.15) is 0 Å². The molecule has 18 heavy (non-hydrogen) atoms. The highest BCUT2D eigenvalue weighted by atomic mass is 79.9. The summed E-state index contributed by atoms with van der Waals surface area (Å²) in [7, 11) is 0. The second-order valence-electron chi connectivity index (χ2n) is 3.97. The fourth-order valence-electron chi connectivity index (χ4n) is 1.66. The number of pyridine rings is 1. The molecule has 0 aliphatic heterocycles. The molecule has 5 N–H and O–H groups in total. The van der Waals surface area contributed by atoms with E-state index in [2.05, 4.69) is 26.2 Å². The fourth-order valence-corrected chi connectivity index (χ4v) is 2.02. The summed E-state index contributed by atoms with van der Waals surface area (Å²) in [6.07, 6.45) is 0.754. The standard InChI is InChI=1S/C12H14BrN3O2/c13-7-1-2-11-9(3-7)12(10(14)5-15-11)16-4-8(18)6-17/h1-3,5,8,17-18H,4,6,14H2,(H,15,16). The van der Waals surface area contributed by atoms with Crippen LogP contribution in [0.15, 0.2) is 28.9 Å². The van der Waals surface area contributed by atoms with E-state index in [9.17, 15) is 5.11 Å². The Labute approximate surface area is 113 Å². The van der Waals surface area contributed by atoms with Crippen molar-refractivity contribution < 1.29 is 10.2 Å². The van der Waals surface area contributed by atoms with Crippen molar-refractivity contribution in [2.24, 2.45) is 0 Å². The van der Waals surface area contributed by atoms with E-state index < -0.39 is 6.10 Å². The number of anilines is 2. The molecule has 0 bridgehead atoms. The van der Waals surface area contributed by atoms with Gasteiger partial charge in [0.1, 0.15) is 0 Å². The van der Waals surface area contributed by atoms with Crippen molar-refractivity contribution in [1.29, 1.82) is 0 Å². The van der Waals surface area contributed by atoms with Crippen LogP contribution in [0.3, 0.4) is 0 Å². The van der Waals surface area contributed by atoms with Gasteiger partial charge in [-0.1, -0.05) is 15.9 Å². The molecule has 1 heterocycles. The number of hydrogen-bond acceptors (Lipinski definition) is 5. The summed E-state index contributed by atoms with van der Waals surface area (Å²) >= 11 is 3.40. The summed E-state index contributed by atoms with van der Waals surface area (Å²) in [5.41, 5.74) is 7.92. The molecule has 2 aromatic rings. The first-order valence-corrected chi connectivity index (χ1v) is 6.27. The molecule has 6 heteroatoms. The van der Waals surface area contributed by atoms with Crippen molar-refractivity contribution in [3.63, 3.8) is 0 Å². The number of nitrogens with zero attached hydrogens (tertiary/aromatic N) is 1. The van der Waals surface area contributed by atoms with Crippen LogP contribution in [0.2, 0.25) is 0 Å². The first-order chi connectivity index (χ1) is 8.61. The molecule has 0 fully saturated rings. The van der Waals surface area contributed by atoms with Crippen LogP contribution in [-0.4, -0.2) is 34.5 Å². The zero-order valence-corrected chi connectivity index (χ0v) is 11.2. The Morgan fingerprint density at radius 2 is 2.22 bits per heavy atom. The quantitative estimate of drug-likeness (QED) is 0.684. The van der Waals surface area contributed by atoms with Crippen molar-refractivity contribution >= 4 is 38.2 Å². The lowest BCUT2D eigenvalue weighted by Gasteiger charge is -2.14. The first kappa shape index (κ1) is 13.1. The Balaban J connectivity index is 2.40. The van der Waals surface area contributed by atoms with Crippen molar-refractivity contribution in [1.82, 2.24) is 4.98 Å². The first-order valence-electron chi connectivity index (χ1n) is 5.48. The van der Waals surface area contributed by atoms with Gasteiger partial charge < -0.3 is 21.3 Å². The number of nitrogen functional groups attached to an aromatic ring is 1. The van der Waals surface area contributed by atoms with Crippen molar-refractivity contribution in [3.8, 4) is 0 Å². The van der Waals surface area contributed by atoms with E-state index >= 15 is 0 Å². The zero-order chi connectivity index (χ0) is 13.1. The molecule has 0 radical (unpaired) electrons. The van der Waals surface area contributed by atoms with Crippen molar-refractivity contribution in [3.05, 3.63) is 28.9 Å². The summed E-state index contributed by atoms with van der Waals surface area (Å²) < 4.78 is 0.924. The van der Waals surface area contributed by atoms with Gasteiger partial charge >= 0.3 is 0 Å². The van der Waals surface area contributed by atoms with Gasteiger partial charge in [-0.15, -0.1) is 0 Å². The summed E-state index contributed by atoms with van der Waals surface area (Å²) in [6.45, 7) is -0.0635. The molecule has 0 spiro atoms. The average molecular weight is 312 g/mol. The molecular formula is C12H14BrN3O2. The fraction of sp³-hybridized carbons (Fsp3) is 0.250. The van der Waals surface area contributed by atoms with E-state index in [0.717, 1.165) is 15.4 Å². The molecule has 1 aromatic heterocycles. The number of benzene rings is 1. The smallest absolute Gasteiger partial charge is 0.0942 e. The van der Waals surface area contributed by atoms with E-state index in [4.69, 9.17) is 10.8 Å². The third-order valence-corrected chi connectivity index (χ3v) is 3.08. The van der Waals surface area contributed by atoms with Crippen LogP contribution in [0.25, 0.3) is 10.9 Å². The predicted molar refractivity (Wildman–Crippen MR) is 75.4 cm³/mol. The van der Waals surface area contributed by atoms with Crippen LogP contribution in [0.5, 0.6) is 0 Å². The van der Waals surface area contributed by atoms with Gasteiger partial charge in [0.15, 0.2) is 0 Å². The maximum absolute atomic E-state index is 9.36. The summed E-state index contributed by atoms with van der Waals surface area (Å²) in [4.78, 5) is 4.23. The molecule has 96 valence electrons. The molecule has 0 aliphatic rings. The number of hydrogen-bond donors (Lipinski definition) is 4. The second-order valence-corrected chi connectivity index (χ2v) is 4.88. The molecule has 1 unspecified atom stereocenters. The number of aliphatic hydroxyl groups is 2. The van der Waals surface area contributed by atoms with E-state index in [1.165, 1.54) is 0 Å². The van der Waals surface area contributed by atoms with Crippen LogP contribution in [0, 0.1) is 0 Å². The number of nitrogens with two attached hydrogens (primary N) is 1. The highest BCUT2D eigenvalue weighted by Crippen LogP contribution is 2.29. The number of halogens is 1. The molecule has 0 saturated carbocycles. The molecule has 1 aromatic carbocycles. The van der Waals surface area contributed by atoms with Crippen LogP contribution in [0.4, 0.5) is 11.4 Å².